The topological polar surface area (TPSA) is 60.9 Å². The maximum atomic E-state index is 12.5. The molecule has 3 atom stereocenters. The first-order valence-corrected chi connectivity index (χ1v) is 9.96. The van der Waals surface area contributed by atoms with Crippen LogP contribution in [0.25, 0.3) is 0 Å². The summed E-state index contributed by atoms with van der Waals surface area (Å²) >= 11 is 0. The Bertz CT molecular complexity index is 974. The van der Waals surface area contributed by atoms with Crippen molar-refractivity contribution in [1.82, 2.24) is 9.88 Å². The van der Waals surface area contributed by atoms with E-state index in [2.05, 4.69) is 29.1 Å². The van der Waals surface area contributed by atoms with E-state index < -0.39 is 0 Å². The van der Waals surface area contributed by atoms with Gasteiger partial charge in [-0.2, -0.15) is 0 Å². The second kappa shape index (κ2) is 6.88. The van der Waals surface area contributed by atoms with Crippen LogP contribution in [-0.4, -0.2) is 48.8 Å². The molecule has 29 heavy (non-hydrogen) atoms. The second-order valence-corrected chi connectivity index (χ2v) is 8.05. The highest BCUT2D eigenvalue weighted by Gasteiger charge is 2.53. The van der Waals surface area contributed by atoms with Crippen LogP contribution in [0.4, 0.5) is 0 Å². The first kappa shape index (κ1) is 18.2. The zero-order valence-corrected chi connectivity index (χ0v) is 16.6. The van der Waals surface area contributed by atoms with E-state index in [-0.39, 0.29) is 23.6 Å². The highest BCUT2D eigenvalue weighted by molar-refractivity contribution is 5.89. The number of carbonyl (C=O) groups excluding carboxylic acids is 1. The monoisotopic (exact) mass is 392 g/mol. The Morgan fingerprint density at radius 3 is 3.03 bits per heavy atom. The van der Waals surface area contributed by atoms with Crippen LogP contribution in [0.3, 0.4) is 0 Å². The lowest BCUT2D eigenvalue weighted by atomic mass is 9.69. The molecule has 6 nitrogen and oxygen atoms in total. The van der Waals surface area contributed by atoms with Crippen LogP contribution in [0, 0.1) is 0 Å². The normalized spacial score (nSPS) is 27.4. The maximum Gasteiger partial charge on any atom is 0.340 e. The molecule has 0 N–H and O–H groups in total. The molecule has 2 aromatic rings. The fourth-order valence-corrected chi connectivity index (χ4v) is 4.84. The summed E-state index contributed by atoms with van der Waals surface area (Å²) in [6.07, 6.45) is 8.55. The van der Waals surface area contributed by atoms with E-state index in [1.54, 1.807) is 25.4 Å². The fraction of sp³-hybridized carbons (Fsp3) is 0.391. The molecule has 0 fully saturated rings. The van der Waals surface area contributed by atoms with E-state index in [0.717, 1.165) is 31.0 Å². The van der Waals surface area contributed by atoms with Crippen LogP contribution < -0.4 is 9.47 Å². The van der Waals surface area contributed by atoms with Gasteiger partial charge in [0.15, 0.2) is 11.5 Å². The molecule has 0 saturated carbocycles. The minimum absolute atomic E-state index is 0.0873. The number of hydrogen-bond acceptors (Lipinski definition) is 6. The smallest absolute Gasteiger partial charge is 0.340 e. The highest BCUT2D eigenvalue weighted by Crippen LogP contribution is 2.55. The SMILES string of the molecule is COc1ccc2c3c1OC1C[C@@H](OC(=O)c4cccnc4)C=C[C@@]31CCN(C)C2. The molecule has 0 saturated heterocycles. The molecule has 0 bridgehead atoms. The molecule has 1 aromatic heterocycles. The van der Waals surface area contributed by atoms with Crippen molar-refractivity contribution in [2.75, 3.05) is 20.7 Å². The molecule has 3 heterocycles. The van der Waals surface area contributed by atoms with Gasteiger partial charge in [-0.15, -0.1) is 0 Å². The zero-order chi connectivity index (χ0) is 20.0. The lowest BCUT2D eigenvalue weighted by molar-refractivity contribution is 0.0217. The van der Waals surface area contributed by atoms with Gasteiger partial charge in [-0.25, -0.2) is 4.79 Å². The number of methoxy groups -OCH3 is 1. The van der Waals surface area contributed by atoms with Gasteiger partial charge in [0.2, 0.25) is 0 Å². The number of ether oxygens (including phenoxy) is 3. The summed E-state index contributed by atoms with van der Waals surface area (Å²) in [5.74, 6) is 1.24. The van der Waals surface area contributed by atoms with Gasteiger partial charge in [0.05, 0.1) is 18.1 Å². The van der Waals surface area contributed by atoms with Gasteiger partial charge in [0, 0.05) is 30.9 Å². The summed E-state index contributed by atoms with van der Waals surface area (Å²) < 4.78 is 17.8. The van der Waals surface area contributed by atoms with Gasteiger partial charge in [-0.05, 0) is 49.9 Å². The van der Waals surface area contributed by atoms with Crippen LogP contribution in [0.2, 0.25) is 0 Å². The van der Waals surface area contributed by atoms with Gasteiger partial charge in [0.1, 0.15) is 12.2 Å². The third-order valence-corrected chi connectivity index (χ3v) is 6.29. The number of benzene rings is 1. The van der Waals surface area contributed by atoms with Crippen molar-refractivity contribution in [2.45, 2.75) is 37.0 Å². The van der Waals surface area contributed by atoms with Crippen molar-refractivity contribution in [3.63, 3.8) is 0 Å². The molecule has 2 aliphatic heterocycles. The van der Waals surface area contributed by atoms with E-state index in [1.165, 1.54) is 17.3 Å². The largest absolute Gasteiger partial charge is 0.493 e. The van der Waals surface area contributed by atoms with Gasteiger partial charge < -0.3 is 19.1 Å². The predicted molar refractivity (Wildman–Crippen MR) is 107 cm³/mol. The lowest BCUT2D eigenvalue weighted by Crippen LogP contribution is -2.43. The Morgan fingerprint density at radius 1 is 1.34 bits per heavy atom. The van der Waals surface area contributed by atoms with Crippen molar-refractivity contribution in [3.05, 3.63) is 65.5 Å². The molecule has 1 spiro atoms. The van der Waals surface area contributed by atoms with Crippen molar-refractivity contribution in [1.29, 1.82) is 0 Å². The first-order valence-electron chi connectivity index (χ1n) is 9.96. The maximum absolute atomic E-state index is 12.5. The lowest BCUT2D eigenvalue weighted by Gasteiger charge is -2.36. The van der Waals surface area contributed by atoms with E-state index in [9.17, 15) is 4.79 Å². The fourth-order valence-electron chi connectivity index (χ4n) is 4.84. The Kier molecular flexibility index (Phi) is 4.32. The summed E-state index contributed by atoms with van der Waals surface area (Å²) in [6.45, 7) is 1.86. The molecular formula is C23H24N2O4. The third-order valence-electron chi connectivity index (χ3n) is 6.29. The molecule has 6 heteroatoms. The molecular weight excluding hydrogens is 368 g/mol. The Morgan fingerprint density at radius 2 is 2.24 bits per heavy atom. The quantitative estimate of drug-likeness (QED) is 0.591. The summed E-state index contributed by atoms with van der Waals surface area (Å²) in [5.41, 5.74) is 2.76. The Labute approximate surface area is 170 Å². The average Bonchev–Trinajstić information content (AvgIpc) is 3.00. The summed E-state index contributed by atoms with van der Waals surface area (Å²) in [7, 11) is 3.82. The third kappa shape index (κ3) is 2.90. The summed E-state index contributed by atoms with van der Waals surface area (Å²) in [4.78, 5) is 18.8. The number of hydrogen-bond donors (Lipinski definition) is 0. The van der Waals surface area contributed by atoms with Gasteiger partial charge in [-0.1, -0.05) is 12.1 Å². The highest BCUT2D eigenvalue weighted by atomic mass is 16.6. The molecule has 5 rings (SSSR count). The van der Waals surface area contributed by atoms with E-state index >= 15 is 0 Å². The number of aromatic nitrogens is 1. The average molecular weight is 392 g/mol. The van der Waals surface area contributed by atoms with E-state index in [1.807, 2.05) is 12.1 Å². The number of esters is 1. The molecule has 3 aliphatic rings. The number of carbonyl (C=O) groups is 1. The standard InChI is InChI=1S/C23H24N2O4/c1-25-11-9-23-8-7-17(28-22(26)15-4-3-10-24-13-15)12-19(23)29-21-18(27-2)6-5-16(14-25)20(21)23/h3-8,10,13,17,19H,9,11-12,14H2,1-2H3/t17-,19?,23-/m0/s1. The van der Waals surface area contributed by atoms with Crippen molar-refractivity contribution >= 4 is 5.97 Å². The number of nitrogens with zero attached hydrogens (tertiary/aromatic N) is 2. The predicted octanol–water partition coefficient (Wildman–Crippen LogP) is 3.11. The van der Waals surface area contributed by atoms with Gasteiger partial charge in [0.25, 0.3) is 0 Å². The number of rotatable bonds is 3. The zero-order valence-electron chi connectivity index (χ0n) is 16.6. The molecule has 1 aromatic carbocycles. The van der Waals surface area contributed by atoms with Crippen molar-refractivity contribution in [3.8, 4) is 11.5 Å². The van der Waals surface area contributed by atoms with Crippen LogP contribution in [0.15, 0.2) is 48.8 Å². The molecule has 150 valence electrons. The van der Waals surface area contributed by atoms with E-state index in [0.29, 0.717) is 12.0 Å². The molecule has 0 amide bonds. The second-order valence-electron chi connectivity index (χ2n) is 8.05. The molecule has 1 aliphatic carbocycles. The van der Waals surface area contributed by atoms with Crippen molar-refractivity contribution < 1.29 is 19.0 Å². The van der Waals surface area contributed by atoms with Crippen LogP contribution >= 0.6 is 0 Å². The molecule has 0 radical (unpaired) electrons. The van der Waals surface area contributed by atoms with Crippen LogP contribution in [0.1, 0.15) is 34.3 Å². The van der Waals surface area contributed by atoms with Crippen molar-refractivity contribution in [2.24, 2.45) is 0 Å². The summed E-state index contributed by atoms with van der Waals surface area (Å²) in [5, 5.41) is 0. The Balaban J connectivity index is 1.48. The first-order chi connectivity index (χ1) is 14.1. The van der Waals surface area contributed by atoms with Gasteiger partial charge >= 0.3 is 5.97 Å². The minimum atomic E-state index is -0.363. The van der Waals surface area contributed by atoms with E-state index in [4.69, 9.17) is 14.2 Å². The van der Waals surface area contributed by atoms with Gasteiger partial charge in [-0.3, -0.25) is 4.98 Å². The minimum Gasteiger partial charge on any atom is -0.493 e. The summed E-state index contributed by atoms with van der Waals surface area (Å²) in [6, 6.07) is 7.58. The van der Waals surface area contributed by atoms with Crippen LogP contribution in [0.5, 0.6) is 11.5 Å². The Hall–Kier alpha value is -2.86. The molecule has 1 unspecified atom stereocenters. The number of pyridine rings is 1. The van der Waals surface area contributed by atoms with Crippen LogP contribution in [-0.2, 0) is 16.7 Å².